The second kappa shape index (κ2) is 5.33. The number of rotatable bonds is 5. The molecule has 0 radical (unpaired) electrons. The van der Waals surface area contributed by atoms with Crippen molar-refractivity contribution in [3.8, 4) is 0 Å². The van der Waals surface area contributed by atoms with Crippen molar-refractivity contribution in [3.63, 3.8) is 0 Å². The van der Waals surface area contributed by atoms with Crippen molar-refractivity contribution in [2.45, 2.75) is 32.2 Å². The number of aromatic nitrogens is 2. The van der Waals surface area contributed by atoms with Gasteiger partial charge in [-0.05, 0) is 30.9 Å². The molecular formula is C13H20N4O. The number of nitrogens with one attached hydrogen (secondary N) is 1. The summed E-state index contributed by atoms with van der Waals surface area (Å²) in [6.45, 7) is 2.21. The van der Waals surface area contributed by atoms with E-state index in [1.807, 2.05) is 6.07 Å². The monoisotopic (exact) mass is 248 g/mol. The quantitative estimate of drug-likeness (QED) is 0.863. The molecule has 1 N–H and O–H groups in total. The molecule has 2 atom stereocenters. The van der Waals surface area contributed by atoms with E-state index in [4.69, 9.17) is 0 Å². The average Bonchev–Trinajstić information content (AvgIpc) is 3.08. The lowest BCUT2D eigenvalue weighted by atomic mass is 10.2. The summed E-state index contributed by atoms with van der Waals surface area (Å²) in [6.07, 6.45) is 3.71. The number of anilines is 1. The predicted molar refractivity (Wildman–Crippen MR) is 70.5 cm³/mol. The van der Waals surface area contributed by atoms with Gasteiger partial charge < -0.3 is 10.2 Å². The van der Waals surface area contributed by atoms with Gasteiger partial charge in [0, 0.05) is 20.1 Å². The van der Waals surface area contributed by atoms with E-state index >= 15 is 0 Å². The van der Waals surface area contributed by atoms with Crippen LogP contribution in [0.3, 0.4) is 0 Å². The van der Waals surface area contributed by atoms with Crippen LogP contribution in [0.1, 0.15) is 36.7 Å². The minimum absolute atomic E-state index is 0.121. The van der Waals surface area contributed by atoms with E-state index in [9.17, 15) is 4.79 Å². The van der Waals surface area contributed by atoms with Crippen molar-refractivity contribution in [1.29, 1.82) is 0 Å². The molecule has 5 heteroatoms. The first-order valence-electron chi connectivity index (χ1n) is 6.43. The molecule has 1 saturated carbocycles. The lowest BCUT2D eigenvalue weighted by Crippen LogP contribution is -2.23. The molecule has 0 aliphatic heterocycles. The first-order valence-corrected chi connectivity index (χ1v) is 6.43. The average molecular weight is 248 g/mol. The Morgan fingerprint density at radius 3 is 2.78 bits per heavy atom. The highest BCUT2D eigenvalue weighted by Gasteiger charge is 2.36. The molecule has 1 amide bonds. The van der Waals surface area contributed by atoms with Gasteiger partial charge >= 0.3 is 0 Å². The summed E-state index contributed by atoms with van der Waals surface area (Å²) in [7, 11) is 3.41. The Morgan fingerprint density at radius 2 is 2.22 bits per heavy atom. The number of carbonyl (C=O) groups is 1. The van der Waals surface area contributed by atoms with Crippen molar-refractivity contribution < 1.29 is 4.79 Å². The molecule has 0 bridgehead atoms. The minimum atomic E-state index is -0.121. The largest absolute Gasteiger partial charge is 0.366 e. The van der Waals surface area contributed by atoms with Gasteiger partial charge in [-0.3, -0.25) is 4.79 Å². The lowest BCUT2D eigenvalue weighted by molar-refractivity contribution is 0.0821. The zero-order valence-corrected chi connectivity index (χ0v) is 11.2. The van der Waals surface area contributed by atoms with Gasteiger partial charge in [0.1, 0.15) is 5.82 Å². The fourth-order valence-electron chi connectivity index (χ4n) is 2.06. The second-order valence-corrected chi connectivity index (χ2v) is 5.04. The van der Waals surface area contributed by atoms with Crippen molar-refractivity contribution in [2.24, 2.45) is 5.92 Å². The summed E-state index contributed by atoms with van der Waals surface area (Å²) in [5.41, 5.74) is 0.381. The normalized spacial score (nSPS) is 21.5. The van der Waals surface area contributed by atoms with E-state index in [1.165, 1.54) is 24.2 Å². The van der Waals surface area contributed by atoms with Crippen LogP contribution in [-0.4, -0.2) is 41.1 Å². The van der Waals surface area contributed by atoms with Gasteiger partial charge in [-0.25, -0.2) is 0 Å². The van der Waals surface area contributed by atoms with E-state index in [-0.39, 0.29) is 5.91 Å². The van der Waals surface area contributed by atoms with Crippen molar-refractivity contribution in [3.05, 3.63) is 17.8 Å². The van der Waals surface area contributed by atoms with Crippen LogP contribution in [0.15, 0.2) is 12.1 Å². The molecule has 1 heterocycles. The molecule has 98 valence electrons. The molecular weight excluding hydrogens is 228 g/mol. The van der Waals surface area contributed by atoms with Crippen LogP contribution in [0.4, 0.5) is 5.82 Å². The zero-order chi connectivity index (χ0) is 13.1. The fraction of sp³-hybridized carbons (Fsp3) is 0.615. The van der Waals surface area contributed by atoms with Crippen LogP contribution >= 0.6 is 0 Å². The molecule has 1 fully saturated rings. The molecule has 1 aromatic heterocycles. The SMILES string of the molecule is CCCC1CC1Nc1ccc(C(=O)N(C)C)nn1. The summed E-state index contributed by atoms with van der Waals surface area (Å²) in [4.78, 5) is 13.1. The van der Waals surface area contributed by atoms with E-state index < -0.39 is 0 Å². The summed E-state index contributed by atoms with van der Waals surface area (Å²) < 4.78 is 0. The van der Waals surface area contributed by atoms with Crippen molar-refractivity contribution in [1.82, 2.24) is 15.1 Å². The second-order valence-electron chi connectivity index (χ2n) is 5.04. The maximum Gasteiger partial charge on any atom is 0.273 e. The summed E-state index contributed by atoms with van der Waals surface area (Å²) in [5, 5.41) is 11.3. The molecule has 0 spiro atoms. The summed E-state index contributed by atoms with van der Waals surface area (Å²) >= 11 is 0. The Morgan fingerprint density at radius 1 is 1.44 bits per heavy atom. The number of amides is 1. The highest BCUT2D eigenvalue weighted by Crippen LogP contribution is 2.36. The Balaban J connectivity index is 1.91. The molecule has 1 aliphatic carbocycles. The van der Waals surface area contributed by atoms with Gasteiger partial charge in [0.15, 0.2) is 5.69 Å². The highest BCUT2D eigenvalue weighted by molar-refractivity contribution is 5.91. The Labute approximate surface area is 108 Å². The van der Waals surface area contributed by atoms with Crippen LogP contribution in [-0.2, 0) is 0 Å². The van der Waals surface area contributed by atoms with Crippen LogP contribution in [0.25, 0.3) is 0 Å². The van der Waals surface area contributed by atoms with E-state index in [0.717, 1.165) is 11.7 Å². The molecule has 18 heavy (non-hydrogen) atoms. The van der Waals surface area contributed by atoms with Crippen LogP contribution in [0, 0.1) is 5.92 Å². The van der Waals surface area contributed by atoms with E-state index in [1.54, 1.807) is 20.2 Å². The van der Waals surface area contributed by atoms with Gasteiger partial charge in [-0.2, -0.15) is 0 Å². The standard InChI is InChI=1S/C13H20N4O/c1-4-5-9-8-11(9)14-12-7-6-10(15-16-12)13(18)17(2)3/h6-7,9,11H,4-5,8H2,1-3H3,(H,14,16). The molecule has 0 saturated heterocycles. The van der Waals surface area contributed by atoms with Gasteiger partial charge in [-0.1, -0.05) is 13.3 Å². The zero-order valence-electron chi connectivity index (χ0n) is 11.2. The first kappa shape index (κ1) is 12.8. The smallest absolute Gasteiger partial charge is 0.273 e. The van der Waals surface area contributed by atoms with Crippen LogP contribution in [0.2, 0.25) is 0 Å². The molecule has 5 nitrogen and oxygen atoms in total. The predicted octanol–water partition coefficient (Wildman–Crippen LogP) is 1.78. The van der Waals surface area contributed by atoms with Gasteiger partial charge in [0.25, 0.3) is 5.91 Å². The molecule has 1 aromatic rings. The van der Waals surface area contributed by atoms with Gasteiger partial charge in [0.2, 0.25) is 0 Å². The molecule has 2 unspecified atom stereocenters. The summed E-state index contributed by atoms with van der Waals surface area (Å²) in [6, 6.07) is 4.08. The number of hydrogen-bond donors (Lipinski definition) is 1. The van der Waals surface area contributed by atoms with Crippen molar-refractivity contribution >= 4 is 11.7 Å². The number of carbonyl (C=O) groups excluding carboxylic acids is 1. The fourth-order valence-corrected chi connectivity index (χ4v) is 2.06. The van der Waals surface area contributed by atoms with Gasteiger partial charge in [-0.15, -0.1) is 10.2 Å². The Bertz CT molecular complexity index is 416. The Kier molecular flexibility index (Phi) is 3.79. The highest BCUT2D eigenvalue weighted by atomic mass is 16.2. The third-order valence-electron chi connectivity index (χ3n) is 3.21. The number of nitrogens with zero attached hydrogens (tertiary/aromatic N) is 3. The third kappa shape index (κ3) is 2.97. The first-order chi connectivity index (χ1) is 8.61. The minimum Gasteiger partial charge on any atom is -0.366 e. The third-order valence-corrected chi connectivity index (χ3v) is 3.21. The van der Waals surface area contributed by atoms with Gasteiger partial charge in [0.05, 0.1) is 0 Å². The molecule has 0 aromatic carbocycles. The number of hydrogen-bond acceptors (Lipinski definition) is 4. The lowest BCUT2D eigenvalue weighted by Gasteiger charge is -2.09. The maximum atomic E-state index is 11.6. The molecule has 1 aliphatic rings. The van der Waals surface area contributed by atoms with E-state index in [2.05, 4.69) is 22.4 Å². The maximum absolute atomic E-state index is 11.6. The van der Waals surface area contributed by atoms with Crippen LogP contribution < -0.4 is 5.32 Å². The van der Waals surface area contributed by atoms with Crippen LogP contribution in [0.5, 0.6) is 0 Å². The van der Waals surface area contributed by atoms with E-state index in [0.29, 0.717) is 11.7 Å². The molecule has 2 rings (SSSR count). The topological polar surface area (TPSA) is 58.1 Å². The summed E-state index contributed by atoms with van der Waals surface area (Å²) in [5.74, 6) is 1.41. The Hall–Kier alpha value is -1.65. The van der Waals surface area contributed by atoms with Crippen molar-refractivity contribution in [2.75, 3.05) is 19.4 Å².